The predicted molar refractivity (Wildman–Crippen MR) is 79.4 cm³/mol. The number of hydrogen-bond donors (Lipinski definition) is 1. The zero-order chi connectivity index (χ0) is 15.2. The second kappa shape index (κ2) is 6.88. The standard InChI is InChI=1S/C15H20N4O2/c1-4-21-15-13(6-5-8-17-15)14(20)16-9-7-12-10-11(2)19(3)18-12/h5-6,8,10H,4,7,9H2,1-3H3,(H,16,20). The molecule has 0 aromatic carbocycles. The van der Waals surface area contributed by atoms with Crippen molar-refractivity contribution < 1.29 is 9.53 Å². The summed E-state index contributed by atoms with van der Waals surface area (Å²) in [5, 5.41) is 7.22. The summed E-state index contributed by atoms with van der Waals surface area (Å²) in [5.74, 6) is 0.186. The van der Waals surface area contributed by atoms with Crippen LogP contribution in [-0.4, -0.2) is 33.8 Å². The molecule has 0 saturated carbocycles. The van der Waals surface area contributed by atoms with Crippen LogP contribution in [0.1, 0.15) is 28.7 Å². The minimum Gasteiger partial charge on any atom is -0.477 e. The summed E-state index contributed by atoms with van der Waals surface area (Å²) < 4.78 is 7.18. The van der Waals surface area contributed by atoms with E-state index >= 15 is 0 Å². The van der Waals surface area contributed by atoms with Gasteiger partial charge in [0.1, 0.15) is 5.56 Å². The molecule has 6 heteroatoms. The fourth-order valence-electron chi connectivity index (χ4n) is 1.97. The molecule has 21 heavy (non-hydrogen) atoms. The van der Waals surface area contributed by atoms with E-state index in [1.165, 1.54) is 0 Å². The molecule has 0 atom stereocenters. The molecule has 0 aliphatic heterocycles. The second-order valence-corrected chi connectivity index (χ2v) is 4.70. The van der Waals surface area contributed by atoms with E-state index in [4.69, 9.17) is 4.74 Å². The first-order valence-electron chi connectivity index (χ1n) is 6.97. The number of ether oxygens (including phenoxy) is 1. The van der Waals surface area contributed by atoms with Crippen molar-refractivity contribution in [2.75, 3.05) is 13.2 Å². The van der Waals surface area contributed by atoms with E-state index in [-0.39, 0.29) is 5.91 Å². The fourth-order valence-corrected chi connectivity index (χ4v) is 1.97. The van der Waals surface area contributed by atoms with Gasteiger partial charge in [0.25, 0.3) is 5.91 Å². The van der Waals surface area contributed by atoms with Gasteiger partial charge in [0.2, 0.25) is 5.88 Å². The summed E-state index contributed by atoms with van der Waals surface area (Å²) in [7, 11) is 1.90. The van der Waals surface area contributed by atoms with Crippen molar-refractivity contribution in [3.8, 4) is 5.88 Å². The maximum Gasteiger partial charge on any atom is 0.256 e. The van der Waals surface area contributed by atoms with Crippen molar-refractivity contribution in [3.63, 3.8) is 0 Å². The van der Waals surface area contributed by atoms with Crippen LogP contribution in [0.15, 0.2) is 24.4 Å². The summed E-state index contributed by atoms with van der Waals surface area (Å²) in [4.78, 5) is 16.2. The monoisotopic (exact) mass is 288 g/mol. The quantitative estimate of drug-likeness (QED) is 0.874. The normalized spacial score (nSPS) is 10.4. The summed E-state index contributed by atoms with van der Waals surface area (Å²) in [6, 6.07) is 5.44. The van der Waals surface area contributed by atoms with Gasteiger partial charge in [0.15, 0.2) is 0 Å². The van der Waals surface area contributed by atoms with E-state index in [0.717, 1.165) is 11.4 Å². The highest BCUT2D eigenvalue weighted by Crippen LogP contribution is 2.13. The summed E-state index contributed by atoms with van der Waals surface area (Å²) in [5.41, 5.74) is 2.52. The van der Waals surface area contributed by atoms with Gasteiger partial charge in [-0.3, -0.25) is 9.48 Å². The van der Waals surface area contributed by atoms with Crippen molar-refractivity contribution in [1.82, 2.24) is 20.1 Å². The summed E-state index contributed by atoms with van der Waals surface area (Å²) >= 11 is 0. The third-order valence-electron chi connectivity index (χ3n) is 3.13. The van der Waals surface area contributed by atoms with E-state index in [1.807, 2.05) is 31.6 Å². The Balaban J connectivity index is 1.93. The molecule has 112 valence electrons. The van der Waals surface area contributed by atoms with Crippen molar-refractivity contribution >= 4 is 5.91 Å². The number of pyridine rings is 1. The zero-order valence-electron chi connectivity index (χ0n) is 12.6. The molecule has 0 fully saturated rings. The number of aromatic nitrogens is 3. The number of amides is 1. The van der Waals surface area contributed by atoms with Crippen LogP contribution in [0.4, 0.5) is 0 Å². The van der Waals surface area contributed by atoms with E-state index in [9.17, 15) is 4.79 Å². The van der Waals surface area contributed by atoms with Crippen LogP contribution in [0, 0.1) is 6.92 Å². The Labute approximate surface area is 124 Å². The topological polar surface area (TPSA) is 69.0 Å². The molecule has 0 unspecified atom stereocenters. The Morgan fingerprint density at radius 2 is 2.29 bits per heavy atom. The first-order chi connectivity index (χ1) is 10.1. The molecule has 6 nitrogen and oxygen atoms in total. The van der Waals surface area contributed by atoms with Crippen LogP contribution in [-0.2, 0) is 13.5 Å². The van der Waals surface area contributed by atoms with E-state index in [0.29, 0.717) is 31.0 Å². The molecule has 0 aliphatic carbocycles. The van der Waals surface area contributed by atoms with Crippen molar-refractivity contribution in [3.05, 3.63) is 41.3 Å². The lowest BCUT2D eigenvalue weighted by molar-refractivity contribution is 0.0949. The number of carbonyl (C=O) groups is 1. The minimum atomic E-state index is -0.181. The number of carbonyl (C=O) groups excluding carboxylic acids is 1. The van der Waals surface area contributed by atoms with Crippen molar-refractivity contribution in [2.24, 2.45) is 7.05 Å². The predicted octanol–water partition coefficient (Wildman–Crippen LogP) is 1.49. The Bertz CT molecular complexity index is 602. The maximum absolute atomic E-state index is 12.1. The number of aryl methyl sites for hydroxylation is 2. The van der Waals surface area contributed by atoms with Crippen LogP contribution in [0.5, 0.6) is 5.88 Å². The number of rotatable bonds is 6. The molecule has 0 spiro atoms. The number of nitrogens with zero attached hydrogens (tertiary/aromatic N) is 3. The highest BCUT2D eigenvalue weighted by Gasteiger charge is 2.12. The van der Waals surface area contributed by atoms with Crippen molar-refractivity contribution in [2.45, 2.75) is 20.3 Å². The van der Waals surface area contributed by atoms with Gasteiger partial charge in [-0.25, -0.2) is 4.98 Å². The fraction of sp³-hybridized carbons (Fsp3) is 0.400. The Morgan fingerprint density at radius 1 is 1.48 bits per heavy atom. The molecule has 0 saturated heterocycles. The van der Waals surface area contributed by atoms with Gasteiger partial charge in [-0.1, -0.05) is 0 Å². The molecule has 1 N–H and O–H groups in total. The Hall–Kier alpha value is -2.37. The van der Waals surface area contributed by atoms with E-state index in [2.05, 4.69) is 15.4 Å². The van der Waals surface area contributed by atoms with Crippen LogP contribution in [0.25, 0.3) is 0 Å². The van der Waals surface area contributed by atoms with Crippen molar-refractivity contribution in [1.29, 1.82) is 0 Å². The van der Waals surface area contributed by atoms with Crippen LogP contribution in [0.3, 0.4) is 0 Å². The molecular weight excluding hydrogens is 268 g/mol. The van der Waals surface area contributed by atoms with Gasteiger partial charge in [-0.15, -0.1) is 0 Å². The lowest BCUT2D eigenvalue weighted by Crippen LogP contribution is -2.26. The number of nitrogens with one attached hydrogen (secondary N) is 1. The van der Waals surface area contributed by atoms with Crippen LogP contribution < -0.4 is 10.1 Å². The molecule has 0 aliphatic rings. The maximum atomic E-state index is 12.1. The van der Waals surface area contributed by atoms with Gasteiger partial charge in [-0.2, -0.15) is 5.10 Å². The van der Waals surface area contributed by atoms with Crippen LogP contribution >= 0.6 is 0 Å². The zero-order valence-corrected chi connectivity index (χ0v) is 12.6. The lowest BCUT2D eigenvalue weighted by Gasteiger charge is -2.08. The molecule has 1 amide bonds. The Kier molecular flexibility index (Phi) is 4.92. The largest absolute Gasteiger partial charge is 0.477 e. The molecule has 2 aromatic heterocycles. The average Bonchev–Trinajstić information content (AvgIpc) is 2.78. The third-order valence-corrected chi connectivity index (χ3v) is 3.13. The third kappa shape index (κ3) is 3.81. The highest BCUT2D eigenvalue weighted by molar-refractivity contribution is 5.96. The highest BCUT2D eigenvalue weighted by atomic mass is 16.5. The SMILES string of the molecule is CCOc1ncccc1C(=O)NCCc1cc(C)n(C)n1. The Morgan fingerprint density at radius 3 is 2.95 bits per heavy atom. The van der Waals surface area contributed by atoms with Gasteiger partial charge in [0.05, 0.1) is 12.3 Å². The van der Waals surface area contributed by atoms with E-state index < -0.39 is 0 Å². The average molecular weight is 288 g/mol. The summed E-state index contributed by atoms with van der Waals surface area (Å²) in [6.45, 7) is 4.86. The molecule has 0 radical (unpaired) electrons. The van der Waals surface area contributed by atoms with Gasteiger partial charge in [-0.05, 0) is 32.0 Å². The van der Waals surface area contributed by atoms with Gasteiger partial charge < -0.3 is 10.1 Å². The first-order valence-corrected chi connectivity index (χ1v) is 6.97. The lowest BCUT2D eigenvalue weighted by atomic mass is 10.2. The van der Waals surface area contributed by atoms with Crippen LogP contribution in [0.2, 0.25) is 0 Å². The minimum absolute atomic E-state index is 0.181. The smallest absolute Gasteiger partial charge is 0.256 e. The molecule has 2 rings (SSSR count). The van der Waals surface area contributed by atoms with Gasteiger partial charge >= 0.3 is 0 Å². The molecular formula is C15H20N4O2. The summed E-state index contributed by atoms with van der Waals surface area (Å²) in [6.07, 6.45) is 2.30. The second-order valence-electron chi connectivity index (χ2n) is 4.70. The molecule has 2 heterocycles. The molecule has 2 aromatic rings. The number of hydrogen-bond acceptors (Lipinski definition) is 4. The van der Waals surface area contributed by atoms with E-state index in [1.54, 1.807) is 18.3 Å². The van der Waals surface area contributed by atoms with Gasteiger partial charge in [0, 0.05) is 31.9 Å². The molecule has 0 bridgehead atoms. The first kappa shape index (κ1) is 15.0.